The average molecular weight is 360 g/mol. The van der Waals surface area contributed by atoms with Crippen molar-refractivity contribution in [2.75, 3.05) is 13.6 Å². The van der Waals surface area contributed by atoms with Gasteiger partial charge in [-0.15, -0.1) is 0 Å². The first-order valence-corrected chi connectivity index (χ1v) is 9.25. The smallest absolute Gasteiger partial charge is 0.222 e. The van der Waals surface area contributed by atoms with Crippen molar-refractivity contribution in [3.63, 3.8) is 0 Å². The molecule has 1 heterocycles. The Morgan fingerprint density at radius 2 is 2.12 bits per heavy atom. The zero-order valence-electron chi connectivity index (χ0n) is 15.7. The van der Waals surface area contributed by atoms with Crippen molar-refractivity contribution in [3.05, 3.63) is 41.8 Å². The number of aryl methyl sites for hydroxylation is 1. The molecule has 0 aliphatic carbocycles. The van der Waals surface area contributed by atoms with E-state index in [0.717, 1.165) is 55.6 Å². The summed E-state index contributed by atoms with van der Waals surface area (Å²) in [6, 6.07) is 8.48. The Kier molecular flexibility index (Phi) is 7.78. The molecule has 6 heteroatoms. The van der Waals surface area contributed by atoms with E-state index in [1.54, 1.807) is 11.0 Å². The number of H-pyrrole nitrogens is 1. The lowest BCUT2D eigenvalue weighted by molar-refractivity contribution is -0.130. The fourth-order valence-corrected chi connectivity index (χ4v) is 2.79. The van der Waals surface area contributed by atoms with E-state index in [0.29, 0.717) is 6.42 Å². The van der Waals surface area contributed by atoms with Gasteiger partial charge in [-0.1, -0.05) is 18.6 Å². The molecule has 3 N–H and O–H groups in total. The number of benzene rings is 1. The summed E-state index contributed by atoms with van der Waals surface area (Å²) >= 11 is 0. The number of halogens is 1. The number of unbranched alkanes of at least 4 members (excludes halogenated alkanes) is 2. The van der Waals surface area contributed by atoms with Gasteiger partial charge in [-0.3, -0.25) is 9.89 Å². The molecule has 1 unspecified atom stereocenters. The lowest BCUT2D eigenvalue weighted by atomic mass is 10.1. The second-order valence-corrected chi connectivity index (χ2v) is 6.93. The highest BCUT2D eigenvalue weighted by Crippen LogP contribution is 2.19. The quantitative estimate of drug-likeness (QED) is 0.637. The third kappa shape index (κ3) is 6.59. The molecule has 1 atom stereocenters. The van der Waals surface area contributed by atoms with E-state index in [9.17, 15) is 9.18 Å². The summed E-state index contributed by atoms with van der Waals surface area (Å²) in [4.78, 5) is 13.7. The molecule has 0 radical (unpaired) electrons. The van der Waals surface area contributed by atoms with Gasteiger partial charge in [0.1, 0.15) is 5.82 Å². The minimum Gasteiger partial charge on any atom is -0.346 e. The maximum Gasteiger partial charge on any atom is 0.222 e. The molecule has 2 rings (SSSR count). The molecule has 0 aliphatic heterocycles. The summed E-state index contributed by atoms with van der Waals surface area (Å²) < 4.78 is 13.3. The Hall–Kier alpha value is -2.21. The van der Waals surface area contributed by atoms with Crippen molar-refractivity contribution in [3.8, 4) is 11.3 Å². The molecule has 2 aromatic rings. The highest BCUT2D eigenvalue weighted by atomic mass is 19.1. The highest BCUT2D eigenvalue weighted by Gasteiger charge is 2.09. The molecule has 0 saturated heterocycles. The molecule has 26 heavy (non-hydrogen) atoms. The van der Waals surface area contributed by atoms with Crippen LogP contribution >= 0.6 is 0 Å². The zero-order chi connectivity index (χ0) is 18.9. The van der Waals surface area contributed by atoms with Gasteiger partial charge in [0.05, 0.1) is 5.69 Å². The maximum absolute atomic E-state index is 13.3. The van der Waals surface area contributed by atoms with Crippen molar-refractivity contribution >= 4 is 5.91 Å². The summed E-state index contributed by atoms with van der Waals surface area (Å²) in [6.45, 7) is 2.69. The lowest BCUT2D eigenvalue weighted by Gasteiger charge is -2.17. The summed E-state index contributed by atoms with van der Waals surface area (Å²) in [5.41, 5.74) is 8.27. The van der Waals surface area contributed by atoms with Crippen LogP contribution in [0.2, 0.25) is 0 Å². The van der Waals surface area contributed by atoms with E-state index in [2.05, 4.69) is 10.2 Å². The molecular weight excluding hydrogens is 331 g/mol. The summed E-state index contributed by atoms with van der Waals surface area (Å²) in [5, 5.41) is 7.28. The second-order valence-electron chi connectivity index (χ2n) is 6.93. The van der Waals surface area contributed by atoms with E-state index in [-0.39, 0.29) is 17.8 Å². The fourth-order valence-electron chi connectivity index (χ4n) is 2.79. The summed E-state index contributed by atoms with van der Waals surface area (Å²) in [5.74, 6) is -0.0951. The average Bonchev–Trinajstić information content (AvgIpc) is 3.08. The van der Waals surface area contributed by atoms with Gasteiger partial charge in [0.2, 0.25) is 5.91 Å². The first-order chi connectivity index (χ1) is 12.5. The number of hydrogen-bond acceptors (Lipinski definition) is 3. The Balaban J connectivity index is 1.67. The topological polar surface area (TPSA) is 75.0 Å². The molecule has 0 spiro atoms. The van der Waals surface area contributed by atoms with Gasteiger partial charge >= 0.3 is 0 Å². The third-order valence-corrected chi connectivity index (χ3v) is 4.43. The van der Waals surface area contributed by atoms with Crippen molar-refractivity contribution < 1.29 is 9.18 Å². The van der Waals surface area contributed by atoms with Crippen LogP contribution in [0.4, 0.5) is 4.39 Å². The van der Waals surface area contributed by atoms with Crippen LogP contribution in [0.15, 0.2) is 30.3 Å². The fraction of sp³-hybridized carbons (Fsp3) is 0.500. The van der Waals surface area contributed by atoms with Crippen molar-refractivity contribution in [1.29, 1.82) is 0 Å². The predicted molar refractivity (Wildman–Crippen MR) is 102 cm³/mol. The van der Waals surface area contributed by atoms with Gasteiger partial charge in [-0.05, 0) is 50.8 Å². The van der Waals surface area contributed by atoms with Crippen molar-refractivity contribution in [2.45, 2.75) is 51.5 Å². The standard InChI is InChI=1S/C20H29FN4O/c1-15(22)10-11-20(26)25(2)12-5-3-4-9-18-14-19(24-23-18)16-7-6-8-17(21)13-16/h6-8,13-15H,3-5,9-12,22H2,1-2H3,(H,23,24). The van der Waals surface area contributed by atoms with E-state index in [1.165, 1.54) is 12.1 Å². The number of carbonyl (C=O) groups excluding carboxylic acids is 1. The predicted octanol–water partition coefficient (Wildman–Crippen LogP) is 3.51. The second kappa shape index (κ2) is 10.1. The molecule has 0 bridgehead atoms. The number of nitrogens with zero attached hydrogens (tertiary/aromatic N) is 2. The van der Waals surface area contributed by atoms with E-state index in [4.69, 9.17) is 5.73 Å². The van der Waals surface area contributed by atoms with Crippen molar-refractivity contribution in [2.24, 2.45) is 5.73 Å². The van der Waals surface area contributed by atoms with Crippen molar-refractivity contribution in [1.82, 2.24) is 15.1 Å². The van der Waals surface area contributed by atoms with Crippen LogP contribution in [0, 0.1) is 5.82 Å². The molecule has 1 amide bonds. The van der Waals surface area contributed by atoms with Gasteiger partial charge in [-0.2, -0.15) is 5.10 Å². The summed E-state index contributed by atoms with van der Waals surface area (Å²) in [6.07, 6.45) is 5.18. The van der Waals surface area contributed by atoms with Gasteiger partial charge in [0, 0.05) is 37.3 Å². The Bertz CT molecular complexity index is 699. The minimum absolute atomic E-state index is 0.0685. The molecule has 5 nitrogen and oxygen atoms in total. The number of aromatic nitrogens is 2. The van der Waals surface area contributed by atoms with Crippen LogP contribution in [-0.2, 0) is 11.2 Å². The molecule has 1 aromatic heterocycles. The first kappa shape index (κ1) is 20.1. The van der Waals surface area contributed by atoms with Gasteiger partial charge in [0.25, 0.3) is 0 Å². The monoisotopic (exact) mass is 360 g/mol. The summed E-state index contributed by atoms with van der Waals surface area (Å²) in [7, 11) is 1.85. The van der Waals surface area contributed by atoms with Crippen LogP contribution in [0.25, 0.3) is 11.3 Å². The Morgan fingerprint density at radius 3 is 2.85 bits per heavy atom. The Labute approximate surface area is 154 Å². The van der Waals surface area contributed by atoms with Crippen LogP contribution in [0.1, 0.15) is 44.7 Å². The number of carbonyl (C=O) groups is 1. The molecule has 1 aromatic carbocycles. The number of amides is 1. The van der Waals surface area contributed by atoms with Crippen LogP contribution < -0.4 is 5.73 Å². The van der Waals surface area contributed by atoms with Gasteiger partial charge < -0.3 is 10.6 Å². The largest absolute Gasteiger partial charge is 0.346 e. The van der Waals surface area contributed by atoms with Gasteiger partial charge in [0.15, 0.2) is 0 Å². The highest BCUT2D eigenvalue weighted by molar-refractivity contribution is 5.75. The van der Waals surface area contributed by atoms with Crippen LogP contribution in [-0.4, -0.2) is 40.6 Å². The number of nitrogens with one attached hydrogen (secondary N) is 1. The van der Waals surface area contributed by atoms with E-state index < -0.39 is 0 Å². The first-order valence-electron chi connectivity index (χ1n) is 9.25. The number of hydrogen-bond donors (Lipinski definition) is 2. The Morgan fingerprint density at radius 1 is 1.31 bits per heavy atom. The molecular formula is C20H29FN4O. The number of rotatable bonds is 10. The van der Waals surface area contributed by atoms with E-state index >= 15 is 0 Å². The number of nitrogens with two attached hydrogens (primary N) is 1. The van der Waals surface area contributed by atoms with Gasteiger partial charge in [-0.25, -0.2) is 4.39 Å². The molecule has 142 valence electrons. The van der Waals surface area contributed by atoms with Crippen LogP contribution in [0.3, 0.4) is 0 Å². The minimum atomic E-state index is -0.258. The van der Waals surface area contributed by atoms with Crippen LogP contribution in [0.5, 0.6) is 0 Å². The maximum atomic E-state index is 13.3. The molecule has 0 saturated carbocycles. The van der Waals surface area contributed by atoms with E-state index in [1.807, 2.05) is 26.1 Å². The molecule has 0 aliphatic rings. The zero-order valence-corrected chi connectivity index (χ0v) is 15.7. The number of aromatic amines is 1. The normalized spacial score (nSPS) is 12.2. The SMILES string of the molecule is CC(N)CCC(=O)N(C)CCCCCc1cc(-c2cccc(F)c2)n[nH]1. The lowest BCUT2D eigenvalue weighted by Crippen LogP contribution is -2.29. The molecule has 0 fully saturated rings. The third-order valence-electron chi connectivity index (χ3n) is 4.43.